The maximum atomic E-state index is 9.74. The van der Waals surface area contributed by atoms with Crippen molar-refractivity contribution in [1.82, 2.24) is 0 Å². The minimum Gasteiger partial charge on any atom is -0.399 e. The molecule has 17 heavy (non-hydrogen) atoms. The summed E-state index contributed by atoms with van der Waals surface area (Å²) in [5.41, 5.74) is 5.64. The number of hydrogen-bond donors (Lipinski definition) is 4. The summed E-state index contributed by atoms with van der Waals surface area (Å²) in [6.07, 6.45) is -3.32. The number of nitrogens with two attached hydrogens (primary N) is 1. The Morgan fingerprint density at radius 3 is 2.41 bits per heavy atom. The van der Waals surface area contributed by atoms with Gasteiger partial charge in [-0.2, -0.15) is 0 Å². The molecule has 0 amide bonds. The van der Waals surface area contributed by atoms with Crippen LogP contribution in [0, 0.1) is 0 Å². The molecule has 1 aliphatic rings. The molecule has 0 radical (unpaired) electrons. The van der Waals surface area contributed by atoms with Gasteiger partial charge in [0, 0.05) is 10.6 Å². The first-order valence-electron chi connectivity index (χ1n) is 5.26. The molecule has 1 aromatic rings. The first kappa shape index (κ1) is 12.7. The molecule has 1 aromatic carbocycles. The number of benzene rings is 1. The predicted molar refractivity (Wildman–Crippen MR) is 64.5 cm³/mol. The summed E-state index contributed by atoms with van der Waals surface area (Å²) in [5, 5.41) is 28.6. The molecule has 1 saturated heterocycles. The van der Waals surface area contributed by atoms with Gasteiger partial charge in [-0.3, -0.25) is 0 Å². The molecule has 0 aromatic heterocycles. The van der Waals surface area contributed by atoms with E-state index in [4.69, 9.17) is 10.5 Å². The second-order valence-corrected chi connectivity index (χ2v) is 5.11. The van der Waals surface area contributed by atoms with Gasteiger partial charge in [0.25, 0.3) is 0 Å². The number of anilines is 1. The fourth-order valence-corrected chi connectivity index (χ4v) is 2.57. The normalized spacial score (nSPS) is 33.6. The molecule has 0 aliphatic carbocycles. The van der Waals surface area contributed by atoms with Gasteiger partial charge in [-0.05, 0) is 24.3 Å². The zero-order chi connectivity index (χ0) is 12.4. The van der Waals surface area contributed by atoms with Crippen LogP contribution in [0.4, 0.5) is 5.69 Å². The molecule has 4 atom stereocenters. The van der Waals surface area contributed by atoms with E-state index in [0.717, 1.165) is 4.90 Å². The second-order valence-electron chi connectivity index (χ2n) is 3.94. The highest BCUT2D eigenvalue weighted by molar-refractivity contribution is 7.99. The van der Waals surface area contributed by atoms with Crippen LogP contribution in [0.2, 0.25) is 0 Å². The number of thioether (sulfide) groups is 1. The molecular formula is C11H15NO4S. The molecule has 0 saturated carbocycles. The Kier molecular flexibility index (Phi) is 3.90. The van der Waals surface area contributed by atoms with E-state index in [-0.39, 0.29) is 6.61 Å². The van der Waals surface area contributed by atoms with Gasteiger partial charge in [-0.15, -0.1) is 0 Å². The van der Waals surface area contributed by atoms with Crippen molar-refractivity contribution in [2.45, 2.75) is 28.6 Å². The fraction of sp³-hybridized carbons (Fsp3) is 0.455. The van der Waals surface area contributed by atoms with E-state index in [2.05, 4.69) is 0 Å². The molecule has 1 heterocycles. The van der Waals surface area contributed by atoms with Crippen LogP contribution in [-0.2, 0) is 4.74 Å². The lowest BCUT2D eigenvalue weighted by molar-refractivity contribution is -0.161. The van der Waals surface area contributed by atoms with Crippen LogP contribution >= 0.6 is 11.8 Å². The summed E-state index contributed by atoms with van der Waals surface area (Å²) in [5.74, 6) is 0. The number of ether oxygens (including phenoxy) is 1. The van der Waals surface area contributed by atoms with Gasteiger partial charge in [0.05, 0.1) is 6.61 Å². The Morgan fingerprint density at radius 1 is 1.12 bits per heavy atom. The van der Waals surface area contributed by atoms with E-state index in [1.165, 1.54) is 11.8 Å². The molecule has 1 fully saturated rings. The van der Waals surface area contributed by atoms with Crippen molar-refractivity contribution in [3.63, 3.8) is 0 Å². The topological polar surface area (TPSA) is 95.9 Å². The van der Waals surface area contributed by atoms with Crippen LogP contribution in [-0.4, -0.2) is 45.7 Å². The van der Waals surface area contributed by atoms with Gasteiger partial charge in [0.15, 0.2) is 0 Å². The highest BCUT2D eigenvalue weighted by Crippen LogP contribution is 2.31. The van der Waals surface area contributed by atoms with Crippen LogP contribution in [0.5, 0.6) is 0 Å². The summed E-state index contributed by atoms with van der Waals surface area (Å²) < 4.78 is 5.28. The van der Waals surface area contributed by atoms with Gasteiger partial charge < -0.3 is 25.8 Å². The molecular weight excluding hydrogens is 242 g/mol. The van der Waals surface area contributed by atoms with Crippen LogP contribution in [0.3, 0.4) is 0 Å². The molecule has 0 spiro atoms. The minimum absolute atomic E-state index is 0.0187. The third-order valence-electron chi connectivity index (χ3n) is 2.59. The summed E-state index contributed by atoms with van der Waals surface area (Å²) in [4.78, 5) is 0.881. The average Bonchev–Trinajstić information content (AvgIpc) is 2.33. The van der Waals surface area contributed by atoms with Crippen LogP contribution in [0.15, 0.2) is 29.2 Å². The number of nitrogen functional groups attached to an aromatic ring is 1. The highest BCUT2D eigenvalue weighted by Gasteiger charge is 2.37. The minimum atomic E-state index is -1.17. The van der Waals surface area contributed by atoms with Gasteiger partial charge in [0.2, 0.25) is 0 Å². The standard InChI is InChI=1S/C11H15NO4S/c12-6-1-3-7(4-2-6)17-11-10(15)9(14)8(13)5-16-11/h1-4,8-11,13-15H,5,12H2. The molecule has 4 unspecified atom stereocenters. The zero-order valence-corrected chi connectivity index (χ0v) is 9.88. The first-order chi connectivity index (χ1) is 8.08. The number of aliphatic hydroxyl groups is 3. The third-order valence-corrected chi connectivity index (χ3v) is 3.78. The van der Waals surface area contributed by atoms with Crippen LogP contribution in [0.25, 0.3) is 0 Å². The molecule has 94 valence electrons. The predicted octanol–water partition coefficient (Wildman–Crippen LogP) is -0.200. The van der Waals surface area contributed by atoms with Crippen molar-refractivity contribution >= 4 is 17.4 Å². The second kappa shape index (κ2) is 5.24. The van der Waals surface area contributed by atoms with Crippen molar-refractivity contribution < 1.29 is 20.1 Å². The van der Waals surface area contributed by atoms with Crippen LogP contribution < -0.4 is 5.73 Å². The Labute approximate surface area is 103 Å². The maximum Gasteiger partial charge on any atom is 0.136 e. The number of rotatable bonds is 2. The number of hydrogen-bond acceptors (Lipinski definition) is 6. The molecule has 6 heteroatoms. The zero-order valence-electron chi connectivity index (χ0n) is 9.06. The van der Waals surface area contributed by atoms with Crippen molar-refractivity contribution in [3.8, 4) is 0 Å². The average molecular weight is 257 g/mol. The van der Waals surface area contributed by atoms with E-state index >= 15 is 0 Å². The SMILES string of the molecule is Nc1ccc(SC2OCC(O)C(O)C2O)cc1. The van der Waals surface area contributed by atoms with Crippen molar-refractivity contribution in [2.24, 2.45) is 0 Å². The van der Waals surface area contributed by atoms with Gasteiger partial charge in [-0.25, -0.2) is 0 Å². The first-order valence-corrected chi connectivity index (χ1v) is 6.14. The third kappa shape index (κ3) is 2.91. The lowest BCUT2D eigenvalue weighted by Crippen LogP contribution is -2.51. The van der Waals surface area contributed by atoms with Gasteiger partial charge in [0.1, 0.15) is 23.7 Å². The van der Waals surface area contributed by atoms with E-state index in [1.54, 1.807) is 12.1 Å². The van der Waals surface area contributed by atoms with Gasteiger partial charge in [-0.1, -0.05) is 11.8 Å². The largest absolute Gasteiger partial charge is 0.399 e. The quantitative estimate of drug-likeness (QED) is 0.548. The van der Waals surface area contributed by atoms with Crippen molar-refractivity contribution in [1.29, 1.82) is 0 Å². The van der Waals surface area contributed by atoms with E-state index in [9.17, 15) is 15.3 Å². The Bertz CT molecular complexity index is 372. The molecule has 5 N–H and O–H groups in total. The lowest BCUT2D eigenvalue weighted by Gasteiger charge is -2.34. The maximum absolute atomic E-state index is 9.74. The molecule has 5 nitrogen and oxygen atoms in total. The van der Waals surface area contributed by atoms with E-state index in [1.807, 2.05) is 12.1 Å². The van der Waals surface area contributed by atoms with Crippen molar-refractivity contribution in [2.75, 3.05) is 12.3 Å². The summed E-state index contributed by atoms with van der Waals surface area (Å²) in [6.45, 7) is 0.0187. The van der Waals surface area contributed by atoms with E-state index < -0.39 is 23.7 Å². The highest BCUT2D eigenvalue weighted by atomic mass is 32.2. The monoisotopic (exact) mass is 257 g/mol. The van der Waals surface area contributed by atoms with Gasteiger partial charge >= 0.3 is 0 Å². The van der Waals surface area contributed by atoms with E-state index in [0.29, 0.717) is 5.69 Å². The lowest BCUT2D eigenvalue weighted by atomic mass is 10.1. The molecule has 2 rings (SSSR count). The summed E-state index contributed by atoms with van der Waals surface area (Å²) in [7, 11) is 0. The fourth-order valence-electron chi connectivity index (χ4n) is 1.56. The van der Waals surface area contributed by atoms with Crippen molar-refractivity contribution in [3.05, 3.63) is 24.3 Å². The Hall–Kier alpha value is -0.790. The Morgan fingerprint density at radius 2 is 1.76 bits per heavy atom. The van der Waals surface area contributed by atoms with Crippen LogP contribution in [0.1, 0.15) is 0 Å². The molecule has 0 bridgehead atoms. The summed E-state index contributed by atoms with van der Waals surface area (Å²) >= 11 is 1.29. The smallest absolute Gasteiger partial charge is 0.136 e. The molecule has 1 aliphatic heterocycles. The number of aliphatic hydroxyl groups excluding tert-OH is 3. The Balaban J connectivity index is 2.01. The summed E-state index contributed by atoms with van der Waals surface area (Å²) in [6, 6.07) is 7.13.